The number of para-hydroxylation sites is 1. The molecule has 1 heterocycles. The van der Waals surface area contributed by atoms with E-state index in [1.54, 1.807) is 11.8 Å². The highest BCUT2D eigenvalue weighted by atomic mass is 35.5. The molecule has 0 saturated carbocycles. The Morgan fingerprint density at radius 1 is 1.16 bits per heavy atom. The molecular formula is C14H12ClN3S. The zero-order valence-electron chi connectivity index (χ0n) is 10.3. The Hall–Kier alpha value is -1.65. The van der Waals surface area contributed by atoms with Gasteiger partial charge in [0.05, 0.1) is 10.5 Å². The summed E-state index contributed by atoms with van der Waals surface area (Å²) in [4.78, 5) is 5.55. The van der Waals surface area contributed by atoms with Crippen molar-refractivity contribution < 1.29 is 0 Å². The minimum Gasteiger partial charge on any atom is -0.369 e. The van der Waals surface area contributed by atoms with Gasteiger partial charge < -0.3 is 5.73 Å². The number of aromatic nitrogens is 2. The van der Waals surface area contributed by atoms with Gasteiger partial charge in [-0.25, -0.2) is 4.98 Å². The van der Waals surface area contributed by atoms with Crippen LogP contribution in [0.5, 0.6) is 0 Å². The molecule has 2 aromatic carbocycles. The fourth-order valence-corrected chi connectivity index (χ4v) is 2.71. The monoisotopic (exact) mass is 289 g/mol. The Labute approximate surface area is 120 Å². The van der Waals surface area contributed by atoms with Crippen LogP contribution in [0.1, 0.15) is 0 Å². The van der Waals surface area contributed by atoms with E-state index in [1.807, 2.05) is 34.9 Å². The molecule has 0 fully saturated rings. The van der Waals surface area contributed by atoms with Gasteiger partial charge in [-0.3, -0.25) is 4.57 Å². The Balaban J connectivity index is 2.23. The van der Waals surface area contributed by atoms with Crippen molar-refractivity contribution in [3.8, 4) is 5.69 Å². The second kappa shape index (κ2) is 4.79. The fraction of sp³-hybridized carbons (Fsp3) is 0.0714. The zero-order valence-corrected chi connectivity index (χ0v) is 11.9. The minimum atomic E-state index is 0.444. The number of thioether (sulfide) groups is 1. The van der Waals surface area contributed by atoms with Crippen molar-refractivity contribution >= 4 is 40.3 Å². The van der Waals surface area contributed by atoms with Gasteiger partial charge in [-0.05, 0) is 42.7 Å². The van der Waals surface area contributed by atoms with E-state index < -0.39 is 0 Å². The maximum absolute atomic E-state index is 6.14. The van der Waals surface area contributed by atoms with Crippen molar-refractivity contribution in [3.05, 3.63) is 47.5 Å². The largest absolute Gasteiger partial charge is 0.369 e. The van der Waals surface area contributed by atoms with Gasteiger partial charge in [-0.15, -0.1) is 11.8 Å². The molecule has 3 nitrogen and oxygen atoms in total. The van der Waals surface area contributed by atoms with E-state index >= 15 is 0 Å². The van der Waals surface area contributed by atoms with Crippen molar-refractivity contribution in [1.29, 1.82) is 0 Å². The van der Waals surface area contributed by atoms with Crippen LogP contribution in [0.2, 0.25) is 5.02 Å². The van der Waals surface area contributed by atoms with E-state index in [0.717, 1.165) is 16.7 Å². The standard InChI is InChI=1S/C14H12ClN3S/c1-19-10-7-5-9(6-8-10)18-12-4-2-3-11(15)13(12)17-14(18)16/h2-8H,1H3,(H2,16,17). The van der Waals surface area contributed by atoms with Gasteiger partial charge in [0.2, 0.25) is 5.95 Å². The van der Waals surface area contributed by atoms with Gasteiger partial charge in [0.15, 0.2) is 0 Å². The molecule has 3 rings (SSSR count). The number of nitrogens with two attached hydrogens (primary N) is 1. The summed E-state index contributed by atoms with van der Waals surface area (Å²) in [6.07, 6.45) is 2.05. The Morgan fingerprint density at radius 3 is 2.58 bits per heavy atom. The first-order valence-electron chi connectivity index (χ1n) is 5.77. The quantitative estimate of drug-likeness (QED) is 0.726. The van der Waals surface area contributed by atoms with Crippen LogP contribution in [0.25, 0.3) is 16.7 Å². The molecule has 0 unspecified atom stereocenters. The number of nitrogen functional groups attached to an aromatic ring is 1. The second-order valence-electron chi connectivity index (χ2n) is 4.11. The lowest BCUT2D eigenvalue weighted by atomic mass is 10.3. The number of benzene rings is 2. The molecule has 19 heavy (non-hydrogen) atoms. The molecule has 0 aliphatic rings. The van der Waals surface area contributed by atoms with Crippen molar-refractivity contribution in [3.63, 3.8) is 0 Å². The molecule has 96 valence electrons. The predicted octanol–water partition coefficient (Wildman–Crippen LogP) is 3.98. The molecule has 0 amide bonds. The van der Waals surface area contributed by atoms with Crippen LogP contribution in [0.3, 0.4) is 0 Å². The van der Waals surface area contributed by atoms with Gasteiger partial charge in [0.25, 0.3) is 0 Å². The number of imidazole rings is 1. The summed E-state index contributed by atoms with van der Waals surface area (Å²) in [5.74, 6) is 0.444. The molecule has 0 aliphatic carbocycles. The van der Waals surface area contributed by atoms with E-state index in [-0.39, 0.29) is 0 Å². The SMILES string of the molecule is CSc1ccc(-n2c(N)nc3c(Cl)cccc32)cc1. The lowest BCUT2D eigenvalue weighted by Gasteiger charge is -2.07. The summed E-state index contributed by atoms with van der Waals surface area (Å²) in [6, 6.07) is 13.9. The predicted molar refractivity (Wildman–Crippen MR) is 82.3 cm³/mol. The molecule has 3 aromatic rings. The Bertz CT molecular complexity index is 734. The number of rotatable bonds is 2. The van der Waals surface area contributed by atoms with Gasteiger partial charge >= 0.3 is 0 Å². The van der Waals surface area contributed by atoms with Gasteiger partial charge in [0.1, 0.15) is 5.52 Å². The number of nitrogens with zero attached hydrogens (tertiary/aromatic N) is 2. The maximum Gasteiger partial charge on any atom is 0.205 e. The normalized spacial score (nSPS) is 11.1. The number of hydrogen-bond acceptors (Lipinski definition) is 3. The molecule has 0 saturated heterocycles. The molecule has 2 N–H and O–H groups in total. The van der Waals surface area contributed by atoms with Crippen molar-refractivity contribution in [2.45, 2.75) is 4.90 Å². The fourth-order valence-electron chi connectivity index (χ4n) is 2.09. The van der Waals surface area contributed by atoms with Crippen LogP contribution in [0.15, 0.2) is 47.4 Å². The third kappa shape index (κ3) is 2.07. The van der Waals surface area contributed by atoms with Crippen LogP contribution in [-0.2, 0) is 0 Å². The van der Waals surface area contributed by atoms with Gasteiger partial charge in [-0.1, -0.05) is 17.7 Å². The van der Waals surface area contributed by atoms with Crippen LogP contribution in [0, 0.1) is 0 Å². The van der Waals surface area contributed by atoms with Crippen LogP contribution in [0.4, 0.5) is 5.95 Å². The van der Waals surface area contributed by atoms with Crippen molar-refractivity contribution in [2.75, 3.05) is 12.0 Å². The van der Waals surface area contributed by atoms with Crippen molar-refractivity contribution in [2.24, 2.45) is 0 Å². The topological polar surface area (TPSA) is 43.8 Å². The first kappa shape index (κ1) is 12.4. The minimum absolute atomic E-state index is 0.444. The van der Waals surface area contributed by atoms with Crippen LogP contribution in [-0.4, -0.2) is 15.8 Å². The number of hydrogen-bond donors (Lipinski definition) is 1. The summed E-state index contributed by atoms with van der Waals surface area (Å²) in [5.41, 5.74) is 8.65. The van der Waals surface area contributed by atoms with E-state index in [9.17, 15) is 0 Å². The number of fused-ring (bicyclic) bond motifs is 1. The van der Waals surface area contributed by atoms with E-state index in [4.69, 9.17) is 17.3 Å². The lowest BCUT2D eigenvalue weighted by Crippen LogP contribution is -2.00. The summed E-state index contributed by atoms with van der Waals surface area (Å²) in [6.45, 7) is 0. The van der Waals surface area contributed by atoms with Crippen LogP contribution < -0.4 is 5.73 Å². The maximum atomic E-state index is 6.14. The highest BCUT2D eigenvalue weighted by Crippen LogP contribution is 2.28. The average Bonchev–Trinajstić information content (AvgIpc) is 2.77. The van der Waals surface area contributed by atoms with Crippen molar-refractivity contribution in [1.82, 2.24) is 9.55 Å². The highest BCUT2D eigenvalue weighted by Gasteiger charge is 2.11. The summed E-state index contributed by atoms with van der Waals surface area (Å²) < 4.78 is 1.91. The van der Waals surface area contributed by atoms with Gasteiger partial charge in [-0.2, -0.15) is 0 Å². The lowest BCUT2D eigenvalue weighted by molar-refractivity contribution is 1.10. The third-order valence-corrected chi connectivity index (χ3v) is 4.04. The Morgan fingerprint density at radius 2 is 1.89 bits per heavy atom. The summed E-state index contributed by atoms with van der Waals surface area (Å²) in [5, 5.41) is 0.615. The highest BCUT2D eigenvalue weighted by molar-refractivity contribution is 7.98. The second-order valence-corrected chi connectivity index (χ2v) is 5.40. The van der Waals surface area contributed by atoms with E-state index in [0.29, 0.717) is 11.0 Å². The first-order valence-corrected chi connectivity index (χ1v) is 7.38. The van der Waals surface area contributed by atoms with E-state index in [1.165, 1.54) is 4.90 Å². The van der Waals surface area contributed by atoms with Gasteiger partial charge in [0, 0.05) is 10.6 Å². The Kier molecular flexibility index (Phi) is 3.12. The molecule has 0 aliphatic heterocycles. The van der Waals surface area contributed by atoms with E-state index in [2.05, 4.69) is 23.4 Å². The summed E-state index contributed by atoms with van der Waals surface area (Å²) >= 11 is 7.85. The zero-order chi connectivity index (χ0) is 13.4. The molecule has 5 heteroatoms. The molecular weight excluding hydrogens is 278 g/mol. The van der Waals surface area contributed by atoms with Crippen LogP contribution >= 0.6 is 23.4 Å². The first-order chi connectivity index (χ1) is 9.20. The molecule has 0 spiro atoms. The number of anilines is 1. The summed E-state index contributed by atoms with van der Waals surface area (Å²) in [7, 11) is 0. The number of halogens is 1. The smallest absolute Gasteiger partial charge is 0.205 e. The molecule has 0 atom stereocenters. The molecule has 0 radical (unpaired) electrons. The molecule has 1 aromatic heterocycles. The average molecular weight is 290 g/mol. The molecule has 0 bridgehead atoms. The third-order valence-electron chi connectivity index (χ3n) is 2.99.